The smallest absolute Gasteiger partial charge is 0.257 e. The second-order valence-corrected chi connectivity index (χ2v) is 8.87. The number of carbonyl (C=O) groups excluding carboxylic acids is 1. The molecule has 0 saturated carbocycles. The van der Waals surface area contributed by atoms with Crippen molar-refractivity contribution in [3.63, 3.8) is 0 Å². The van der Waals surface area contributed by atoms with Gasteiger partial charge in [-0.25, -0.2) is 13.1 Å². The van der Waals surface area contributed by atoms with E-state index < -0.39 is 10.0 Å². The maximum Gasteiger partial charge on any atom is 0.257 e. The van der Waals surface area contributed by atoms with Crippen molar-refractivity contribution < 1.29 is 17.9 Å². The normalized spacial score (nSPS) is 11.4. The van der Waals surface area contributed by atoms with Crippen LogP contribution in [-0.2, 0) is 21.4 Å². The number of sulfonamides is 1. The molecular weight excluding hydrogens is 376 g/mol. The quantitative estimate of drug-likeness (QED) is 0.638. The Morgan fingerprint density at radius 1 is 1.11 bits per heavy atom. The van der Waals surface area contributed by atoms with Gasteiger partial charge < -0.3 is 10.1 Å². The van der Waals surface area contributed by atoms with Gasteiger partial charge in [0.25, 0.3) is 5.91 Å². The van der Waals surface area contributed by atoms with Gasteiger partial charge in [0.05, 0.1) is 5.75 Å². The summed E-state index contributed by atoms with van der Waals surface area (Å²) in [6.07, 6.45) is 0. The summed E-state index contributed by atoms with van der Waals surface area (Å²) in [4.78, 5) is 12.0. The average Bonchev–Trinajstić information content (AvgIpc) is 2.66. The molecule has 6 nitrogen and oxygen atoms in total. The molecule has 0 radical (unpaired) electrons. The van der Waals surface area contributed by atoms with Gasteiger partial charge in [-0.1, -0.05) is 56.3 Å². The first-order valence-electron chi connectivity index (χ1n) is 9.28. The molecule has 0 bridgehead atoms. The number of hydrogen-bond acceptors (Lipinski definition) is 4. The fourth-order valence-corrected chi connectivity index (χ4v) is 3.41. The molecule has 0 aromatic heterocycles. The Morgan fingerprint density at radius 2 is 1.82 bits per heavy atom. The van der Waals surface area contributed by atoms with E-state index in [-0.39, 0.29) is 31.4 Å². The standard InChI is InChI=1S/C21H28N2O4S/c1-16(2)19-10-9-17(3)20(13-19)27-15-21(24)22-11-12-28(25,26)23-14-18-7-5-4-6-8-18/h4-10,13,16,23H,11-12,14-15H2,1-3H3,(H,22,24). The molecule has 0 atom stereocenters. The first kappa shape index (κ1) is 21.9. The van der Waals surface area contributed by atoms with Crippen molar-refractivity contribution in [2.45, 2.75) is 33.2 Å². The zero-order valence-electron chi connectivity index (χ0n) is 16.6. The van der Waals surface area contributed by atoms with Crippen LogP contribution in [0.3, 0.4) is 0 Å². The Bertz CT molecular complexity index is 881. The molecule has 28 heavy (non-hydrogen) atoms. The summed E-state index contributed by atoms with van der Waals surface area (Å²) in [5.74, 6) is 0.490. The van der Waals surface area contributed by atoms with Crippen molar-refractivity contribution >= 4 is 15.9 Å². The molecule has 0 saturated heterocycles. The highest BCUT2D eigenvalue weighted by molar-refractivity contribution is 7.89. The van der Waals surface area contributed by atoms with E-state index in [9.17, 15) is 13.2 Å². The van der Waals surface area contributed by atoms with Gasteiger partial charge in [0, 0.05) is 13.1 Å². The van der Waals surface area contributed by atoms with Crippen molar-refractivity contribution in [1.29, 1.82) is 0 Å². The third-order valence-corrected chi connectivity index (χ3v) is 5.60. The van der Waals surface area contributed by atoms with E-state index in [1.165, 1.54) is 0 Å². The molecule has 7 heteroatoms. The lowest BCUT2D eigenvalue weighted by molar-refractivity contribution is -0.122. The van der Waals surface area contributed by atoms with Gasteiger partial charge in [-0.3, -0.25) is 4.79 Å². The van der Waals surface area contributed by atoms with Gasteiger partial charge in [-0.15, -0.1) is 0 Å². The molecule has 0 fully saturated rings. The lowest BCUT2D eigenvalue weighted by Crippen LogP contribution is -2.36. The molecule has 2 rings (SSSR count). The van der Waals surface area contributed by atoms with Crippen LogP contribution in [0.4, 0.5) is 0 Å². The minimum Gasteiger partial charge on any atom is -0.483 e. The Hall–Kier alpha value is -2.38. The van der Waals surface area contributed by atoms with E-state index in [0.29, 0.717) is 11.7 Å². The molecule has 2 aromatic rings. The number of rotatable bonds is 10. The molecule has 0 aliphatic rings. The molecule has 2 N–H and O–H groups in total. The van der Waals surface area contributed by atoms with Crippen LogP contribution in [0.25, 0.3) is 0 Å². The zero-order chi connectivity index (χ0) is 20.6. The summed E-state index contributed by atoms with van der Waals surface area (Å²) in [5, 5.41) is 2.58. The van der Waals surface area contributed by atoms with Gasteiger partial charge >= 0.3 is 0 Å². The minimum absolute atomic E-state index is 0.0251. The van der Waals surface area contributed by atoms with Gasteiger partial charge in [0.1, 0.15) is 5.75 Å². The lowest BCUT2D eigenvalue weighted by atomic mass is 10.0. The van der Waals surface area contributed by atoms with Gasteiger partial charge in [0.15, 0.2) is 6.61 Å². The molecular formula is C21H28N2O4S. The third-order valence-electron chi connectivity index (χ3n) is 4.27. The Labute approximate surface area is 167 Å². The molecule has 1 amide bonds. The Morgan fingerprint density at radius 3 is 2.50 bits per heavy atom. The van der Waals surface area contributed by atoms with Crippen LogP contribution in [0, 0.1) is 6.92 Å². The molecule has 0 unspecified atom stereocenters. The number of aryl methyl sites for hydroxylation is 1. The molecule has 0 aliphatic carbocycles. The molecule has 0 spiro atoms. The number of nitrogens with one attached hydrogen (secondary N) is 2. The predicted octanol–water partition coefficient (Wildman–Crippen LogP) is 2.73. The van der Waals surface area contributed by atoms with Crippen LogP contribution >= 0.6 is 0 Å². The number of hydrogen-bond donors (Lipinski definition) is 2. The van der Waals surface area contributed by atoms with E-state index in [4.69, 9.17) is 4.74 Å². The van der Waals surface area contributed by atoms with Gasteiger partial charge in [0.2, 0.25) is 10.0 Å². The number of benzene rings is 2. The summed E-state index contributed by atoms with van der Waals surface area (Å²) >= 11 is 0. The van der Waals surface area contributed by atoms with Gasteiger partial charge in [-0.2, -0.15) is 0 Å². The monoisotopic (exact) mass is 404 g/mol. The predicted molar refractivity (Wildman–Crippen MR) is 111 cm³/mol. The van der Waals surface area contributed by atoms with Crippen molar-refractivity contribution in [2.75, 3.05) is 18.9 Å². The highest BCUT2D eigenvalue weighted by Gasteiger charge is 2.12. The number of carbonyl (C=O) groups is 1. The summed E-state index contributed by atoms with van der Waals surface area (Å²) in [5.41, 5.74) is 2.96. The topological polar surface area (TPSA) is 84.5 Å². The van der Waals surface area contributed by atoms with Crippen molar-refractivity contribution in [1.82, 2.24) is 10.0 Å². The van der Waals surface area contributed by atoms with E-state index in [2.05, 4.69) is 23.9 Å². The average molecular weight is 405 g/mol. The van der Waals surface area contributed by atoms with E-state index in [1.807, 2.05) is 55.5 Å². The highest BCUT2D eigenvalue weighted by atomic mass is 32.2. The van der Waals surface area contributed by atoms with Crippen LogP contribution in [-0.4, -0.2) is 33.2 Å². The van der Waals surface area contributed by atoms with Crippen LogP contribution in [0.5, 0.6) is 5.75 Å². The first-order chi connectivity index (χ1) is 13.3. The van der Waals surface area contributed by atoms with Crippen LogP contribution in [0.15, 0.2) is 48.5 Å². The number of ether oxygens (including phenoxy) is 1. The Kier molecular flexibility index (Phi) is 8.02. The van der Waals surface area contributed by atoms with E-state index in [1.54, 1.807) is 0 Å². The van der Waals surface area contributed by atoms with Crippen LogP contribution < -0.4 is 14.8 Å². The summed E-state index contributed by atoms with van der Waals surface area (Å²) in [7, 11) is -3.47. The molecule has 0 aliphatic heterocycles. The molecule has 2 aromatic carbocycles. The van der Waals surface area contributed by atoms with Crippen molar-refractivity contribution in [3.8, 4) is 5.75 Å². The maximum absolute atomic E-state index is 12.0. The first-order valence-corrected chi connectivity index (χ1v) is 10.9. The zero-order valence-corrected chi connectivity index (χ0v) is 17.4. The third kappa shape index (κ3) is 7.32. The van der Waals surface area contributed by atoms with Crippen LogP contribution in [0.1, 0.15) is 36.5 Å². The minimum atomic E-state index is -3.47. The largest absolute Gasteiger partial charge is 0.483 e. The second kappa shape index (κ2) is 10.2. The van der Waals surface area contributed by atoms with E-state index >= 15 is 0 Å². The highest BCUT2D eigenvalue weighted by Crippen LogP contribution is 2.24. The molecule has 152 valence electrons. The van der Waals surface area contributed by atoms with Crippen LogP contribution in [0.2, 0.25) is 0 Å². The lowest BCUT2D eigenvalue weighted by Gasteiger charge is -2.13. The summed E-state index contributed by atoms with van der Waals surface area (Å²) in [6, 6.07) is 15.2. The maximum atomic E-state index is 12.0. The number of amides is 1. The van der Waals surface area contributed by atoms with Crippen molar-refractivity contribution in [3.05, 3.63) is 65.2 Å². The summed E-state index contributed by atoms with van der Waals surface area (Å²) in [6.45, 7) is 6.20. The fourth-order valence-electron chi connectivity index (χ4n) is 2.51. The van der Waals surface area contributed by atoms with E-state index in [0.717, 1.165) is 16.7 Å². The summed E-state index contributed by atoms with van der Waals surface area (Å²) < 4.78 is 32.2. The molecule has 0 heterocycles. The Balaban J connectivity index is 1.74. The van der Waals surface area contributed by atoms with Gasteiger partial charge in [-0.05, 0) is 35.6 Å². The fraction of sp³-hybridized carbons (Fsp3) is 0.381. The SMILES string of the molecule is Cc1ccc(C(C)C)cc1OCC(=O)NCCS(=O)(=O)NCc1ccccc1. The second-order valence-electron chi connectivity index (χ2n) is 6.94. The van der Waals surface area contributed by atoms with Crippen molar-refractivity contribution in [2.24, 2.45) is 0 Å².